The average molecular weight is 299 g/mol. The van der Waals surface area contributed by atoms with Gasteiger partial charge in [0.1, 0.15) is 5.75 Å². The summed E-state index contributed by atoms with van der Waals surface area (Å²) in [5.41, 5.74) is 0.0502. The summed E-state index contributed by atoms with van der Waals surface area (Å²) < 4.78 is 29.0. The Morgan fingerprint density at radius 2 is 1.95 bits per heavy atom. The molecule has 1 fully saturated rings. The summed E-state index contributed by atoms with van der Waals surface area (Å²) in [7, 11) is 0. The third-order valence-corrected chi connectivity index (χ3v) is 3.64. The van der Waals surface area contributed by atoms with Gasteiger partial charge < -0.3 is 15.2 Å². The minimum absolute atomic E-state index is 0.0502. The molecule has 4 nitrogen and oxygen atoms in total. The van der Waals surface area contributed by atoms with Crippen LogP contribution in [0, 0.1) is 0 Å². The SMILES string of the molecule is O=C(NC1CCCCCC1O)c1ccccc1OC(F)F. The number of benzene rings is 1. The molecule has 2 unspecified atom stereocenters. The van der Waals surface area contributed by atoms with Crippen LogP contribution in [0.2, 0.25) is 0 Å². The van der Waals surface area contributed by atoms with Gasteiger partial charge in [-0.05, 0) is 25.0 Å². The molecule has 1 aromatic rings. The lowest BCUT2D eigenvalue weighted by Gasteiger charge is -2.22. The first kappa shape index (κ1) is 15.7. The highest BCUT2D eigenvalue weighted by atomic mass is 19.3. The van der Waals surface area contributed by atoms with Crippen LogP contribution in [0.15, 0.2) is 24.3 Å². The van der Waals surface area contributed by atoms with Gasteiger partial charge in [0.15, 0.2) is 0 Å². The maximum atomic E-state index is 12.3. The van der Waals surface area contributed by atoms with Crippen LogP contribution in [0.1, 0.15) is 42.5 Å². The predicted molar refractivity (Wildman–Crippen MR) is 73.4 cm³/mol. The Bertz CT molecular complexity index is 482. The van der Waals surface area contributed by atoms with Crippen molar-refractivity contribution < 1.29 is 23.4 Å². The van der Waals surface area contributed by atoms with Gasteiger partial charge in [-0.2, -0.15) is 8.78 Å². The number of aliphatic hydroxyl groups is 1. The first-order chi connectivity index (χ1) is 10.1. The van der Waals surface area contributed by atoms with E-state index in [0.717, 1.165) is 19.3 Å². The van der Waals surface area contributed by atoms with Crippen molar-refractivity contribution in [3.05, 3.63) is 29.8 Å². The van der Waals surface area contributed by atoms with Crippen molar-refractivity contribution >= 4 is 5.91 Å². The van der Waals surface area contributed by atoms with E-state index in [2.05, 4.69) is 10.1 Å². The molecule has 0 radical (unpaired) electrons. The molecule has 0 aliphatic heterocycles. The highest BCUT2D eigenvalue weighted by Gasteiger charge is 2.25. The molecule has 0 spiro atoms. The van der Waals surface area contributed by atoms with Gasteiger partial charge in [0.25, 0.3) is 5.91 Å². The highest BCUT2D eigenvalue weighted by Crippen LogP contribution is 2.22. The van der Waals surface area contributed by atoms with Gasteiger partial charge in [0.2, 0.25) is 0 Å². The van der Waals surface area contributed by atoms with E-state index >= 15 is 0 Å². The van der Waals surface area contributed by atoms with Gasteiger partial charge in [-0.3, -0.25) is 4.79 Å². The fourth-order valence-corrected chi connectivity index (χ4v) is 2.56. The molecule has 21 heavy (non-hydrogen) atoms. The standard InChI is InChI=1S/C15H19F2NO3/c16-15(17)21-13-9-5-4-6-10(13)14(20)18-11-7-2-1-3-8-12(11)19/h4-6,9,11-12,15,19H,1-3,7-8H2,(H,18,20). The van der Waals surface area contributed by atoms with Crippen LogP contribution in [0.4, 0.5) is 8.78 Å². The average Bonchev–Trinajstić information content (AvgIpc) is 2.64. The maximum Gasteiger partial charge on any atom is 0.387 e. The normalized spacial score (nSPS) is 22.7. The Labute approximate surface area is 122 Å². The third kappa shape index (κ3) is 4.39. The second kappa shape index (κ2) is 7.36. The number of halogens is 2. The summed E-state index contributed by atoms with van der Waals surface area (Å²) in [5.74, 6) is -0.662. The van der Waals surface area contributed by atoms with Gasteiger partial charge in [0.05, 0.1) is 17.7 Å². The molecule has 2 rings (SSSR count). The monoisotopic (exact) mass is 299 g/mol. The number of hydrogen-bond acceptors (Lipinski definition) is 3. The van der Waals surface area contributed by atoms with Crippen molar-refractivity contribution in [3.63, 3.8) is 0 Å². The maximum absolute atomic E-state index is 12.3. The highest BCUT2D eigenvalue weighted by molar-refractivity contribution is 5.97. The summed E-state index contributed by atoms with van der Waals surface area (Å²) >= 11 is 0. The lowest BCUT2D eigenvalue weighted by atomic mass is 10.1. The van der Waals surface area contributed by atoms with E-state index in [9.17, 15) is 18.7 Å². The number of amides is 1. The zero-order valence-corrected chi connectivity index (χ0v) is 11.6. The Hall–Kier alpha value is -1.69. The molecule has 1 aliphatic carbocycles. The van der Waals surface area contributed by atoms with E-state index in [1.54, 1.807) is 6.07 Å². The Morgan fingerprint density at radius 1 is 1.24 bits per heavy atom. The lowest BCUT2D eigenvalue weighted by Crippen LogP contribution is -2.42. The number of rotatable bonds is 4. The molecular weight excluding hydrogens is 280 g/mol. The summed E-state index contributed by atoms with van der Waals surface area (Å²) in [5, 5.41) is 12.7. The second-order valence-corrected chi connectivity index (χ2v) is 5.16. The molecule has 6 heteroatoms. The van der Waals surface area contributed by atoms with Gasteiger partial charge in [-0.1, -0.05) is 31.4 Å². The van der Waals surface area contributed by atoms with Crippen LogP contribution >= 0.6 is 0 Å². The van der Waals surface area contributed by atoms with Gasteiger partial charge in [0, 0.05) is 0 Å². The molecule has 0 heterocycles. The van der Waals surface area contributed by atoms with E-state index < -0.39 is 18.6 Å². The summed E-state index contributed by atoms with van der Waals surface area (Å²) in [4.78, 5) is 12.2. The van der Waals surface area contributed by atoms with Gasteiger partial charge in [-0.15, -0.1) is 0 Å². The van der Waals surface area contributed by atoms with Crippen LogP contribution < -0.4 is 10.1 Å². The summed E-state index contributed by atoms with van der Waals surface area (Å²) in [6.45, 7) is -2.98. The smallest absolute Gasteiger partial charge is 0.387 e. The number of nitrogens with one attached hydrogen (secondary N) is 1. The van der Waals surface area contributed by atoms with Crippen LogP contribution in [0.25, 0.3) is 0 Å². The van der Waals surface area contributed by atoms with E-state index in [-0.39, 0.29) is 17.4 Å². The fourth-order valence-electron chi connectivity index (χ4n) is 2.56. The van der Waals surface area contributed by atoms with Crippen LogP contribution in [0.3, 0.4) is 0 Å². The molecule has 2 atom stereocenters. The Morgan fingerprint density at radius 3 is 2.71 bits per heavy atom. The minimum Gasteiger partial charge on any atom is -0.434 e. The zero-order valence-electron chi connectivity index (χ0n) is 11.6. The molecule has 1 amide bonds. The predicted octanol–water partition coefficient (Wildman–Crippen LogP) is 2.71. The van der Waals surface area contributed by atoms with Crippen molar-refractivity contribution in [1.82, 2.24) is 5.32 Å². The van der Waals surface area contributed by atoms with Gasteiger partial charge in [-0.25, -0.2) is 0 Å². The number of aliphatic hydroxyl groups excluding tert-OH is 1. The molecule has 0 aromatic heterocycles. The number of ether oxygens (including phenoxy) is 1. The number of para-hydroxylation sites is 1. The van der Waals surface area contributed by atoms with E-state index in [0.29, 0.717) is 12.8 Å². The molecule has 1 aromatic carbocycles. The minimum atomic E-state index is -2.98. The number of alkyl halides is 2. The first-order valence-electron chi connectivity index (χ1n) is 7.10. The van der Waals surface area contributed by atoms with Crippen molar-refractivity contribution in [3.8, 4) is 5.75 Å². The third-order valence-electron chi connectivity index (χ3n) is 3.64. The number of carbonyl (C=O) groups is 1. The van der Waals surface area contributed by atoms with Crippen LogP contribution in [0.5, 0.6) is 5.75 Å². The van der Waals surface area contributed by atoms with Crippen molar-refractivity contribution in [2.24, 2.45) is 0 Å². The van der Waals surface area contributed by atoms with Crippen molar-refractivity contribution in [1.29, 1.82) is 0 Å². The quantitative estimate of drug-likeness (QED) is 0.840. The number of carbonyl (C=O) groups excluding carboxylic acids is 1. The number of hydrogen-bond donors (Lipinski definition) is 2. The van der Waals surface area contributed by atoms with Crippen molar-refractivity contribution in [2.45, 2.75) is 50.9 Å². The molecule has 1 saturated carbocycles. The van der Waals surface area contributed by atoms with Gasteiger partial charge >= 0.3 is 6.61 Å². The van der Waals surface area contributed by atoms with E-state index in [4.69, 9.17) is 0 Å². The van der Waals surface area contributed by atoms with Crippen LogP contribution in [-0.2, 0) is 0 Å². The first-order valence-corrected chi connectivity index (χ1v) is 7.10. The Kier molecular flexibility index (Phi) is 5.50. The van der Waals surface area contributed by atoms with Crippen LogP contribution in [-0.4, -0.2) is 29.8 Å². The Balaban J connectivity index is 2.09. The van der Waals surface area contributed by atoms with E-state index in [1.807, 2.05) is 0 Å². The summed E-state index contributed by atoms with van der Waals surface area (Å²) in [6, 6.07) is 5.51. The summed E-state index contributed by atoms with van der Waals surface area (Å²) in [6.07, 6.45) is 3.61. The molecule has 116 valence electrons. The fraction of sp³-hybridized carbons (Fsp3) is 0.533. The van der Waals surface area contributed by atoms with E-state index in [1.165, 1.54) is 18.2 Å². The second-order valence-electron chi connectivity index (χ2n) is 5.16. The lowest BCUT2D eigenvalue weighted by molar-refractivity contribution is -0.0501. The molecule has 1 aliphatic rings. The zero-order chi connectivity index (χ0) is 15.2. The molecule has 0 bridgehead atoms. The van der Waals surface area contributed by atoms with Crippen molar-refractivity contribution in [2.75, 3.05) is 0 Å². The topological polar surface area (TPSA) is 58.6 Å². The molecule has 2 N–H and O–H groups in total. The largest absolute Gasteiger partial charge is 0.434 e. The molecular formula is C15H19F2NO3. The molecule has 0 saturated heterocycles.